The van der Waals surface area contributed by atoms with Gasteiger partial charge in [0.15, 0.2) is 5.89 Å². The number of anilines is 1. The Balaban J connectivity index is 1.43. The second kappa shape index (κ2) is 7.09. The van der Waals surface area contributed by atoms with Gasteiger partial charge in [0.1, 0.15) is 11.6 Å². The molecule has 3 aromatic heterocycles. The van der Waals surface area contributed by atoms with E-state index in [0.29, 0.717) is 11.6 Å². The molecule has 0 saturated carbocycles. The Morgan fingerprint density at radius 3 is 2.77 bits per heavy atom. The topological polar surface area (TPSA) is 97.9 Å². The number of nitrogens with one attached hydrogen (secondary N) is 2. The van der Waals surface area contributed by atoms with E-state index in [4.69, 9.17) is 4.42 Å². The summed E-state index contributed by atoms with van der Waals surface area (Å²) in [7, 11) is 0. The van der Waals surface area contributed by atoms with Crippen LogP contribution in [0.1, 0.15) is 41.0 Å². The van der Waals surface area contributed by atoms with Crippen LogP contribution in [0.3, 0.4) is 0 Å². The number of nitrogens with zero attached hydrogens (tertiary/aromatic N) is 4. The molecule has 0 atom stereocenters. The van der Waals surface area contributed by atoms with Crippen molar-refractivity contribution >= 4 is 11.6 Å². The second-order valence-electron chi connectivity index (χ2n) is 6.29. The van der Waals surface area contributed by atoms with Crippen molar-refractivity contribution in [1.29, 1.82) is 0 Å². The fraction of sp³-hybridized carbons (Fsp3) is 0.333. The third-order valence-electron chi connectivity index (χ3n) is 4.51. The molecule has 134 valence electrons. The van der Waals surface area contributed by atoms with E-state index in [-0.39, 0.29) is 17.6 Å². The zero-order chi connectivity index (χ0) is 17.9. The molecule has 8 heteroatoms. The van der Waals surface area contributed by atoms with E-state index in [0.717, 1.165) is 37.6 Å². The fourth-order valence-electron chi connectivity index (χ4n) is 3.07. The Labute approximate surface area is 150 Å². The van der Waals surface area contributed by atoms with Gasteiger partial charge in [0.2, 0.25) is 5.76 Å². The summed E-state index contributed by atoms with van der Waals surface area (Å²) in [5, 5.41) is 6.09. The molecular weight excluding hydrogens is 332 g/mol. The Morgan fingerprint density at radius 2 is 2.08 bits per heavy atom. The van der Waals surface area contributed by atoms with Gasteiger partial charge in [0, 0.05) is 18.3 Å². The van der Waals surface area contributed by atoms with Crippen LogP contribution < -0.4 is 10.6 Å². The lowest BCUT2D eigenvalue weighted by Gasteiger charge is -2.19. The number of amides is 1. The van der Waals surface area contributed by atoms with Gasteiger partial charge < -0.3 is 15.1 Å². The van der Waals surface area contributed by atoms with Gasteiger partial charge in [-0.15, -0.1) is 0 Å². The van der Waals surface area contributed by atoms with Crippen molar-refractivity contribution in [1.82, 2.24) is 24.8 Å². The number of aryl methyl sites for hydroxylation is 1. The second-order valence-corrected chi connectivity index (χ2v) is 6.29. The molecule has 1 saturated heterocycles. The molecule has 1 fully saturated rings. The molecule has 4 rings (SSSR count). The Hall–Kier alpha value is -3.00. The van der Waals surface area contributed by atoms with Gasteiger partial charge in [0.25, 0.3) is 5.91 Å². The minimum atomic E-state index is -0.328. The van der Waals surface area contributed by atoms with Crippen molar-refractivity contribution in [2.45, 2.75) is 25.7 Å². The van der Waals surface area contributed by atoms with Crippen molar-refractivity contribution < 1.29 is 9.21 Å². The summed E-state index contributed by atoms with van der Waals surface area (Å²) in [5.74, 6) is 2.39. The smallest absolute Gasteiger partial charge is 0.293 e. The first-order valence-corrected chi connectivity index (χ1v) is 8.65. The number of hydrogen-bond donors (Lipinski definition) is 2. The van der Waals surface area contributed by atoms with Gasteiger partial charge in [-0.3, -0.25) is 9.36 Å². The number of oxazole rings is 1. The Kier molecular flexibility index (Phi) is 4.49. The minimum Gasteiger partial charge on any atom is -0.435 e. The third-order valence-corrected chi connectivity index (χ3v) is 4.51. The number of aromatic nitrogens is 4. The van der Waals surface area contributed by atoms with Gasteiger partial charge >= 0.3 is 0 Å². The highest BCUT2D eigenvalue weighted by Gasteiger charge is 2.22. The molecule has 4 heterocycles. The summed E-state index contributed by atoms with van der Waals surface area (Å²) in [6.45, 7) is 3.80. The van der Waals surface area contributed by atoms with E-state index < -0.39 is 0 Å². The standard InChI is InChI=1S/C18H20N6O2/c1-12-20-8-9-24(12)16-3-2-14(10-21-16)23-17(25)15-11-22-18(26-15)13-4-6-19-7-5-13/h2-3,8-11,13,19H,4-7H2,1H3,(H,23,25). The van der Waals surface area contributed by atoms with Crippen molar-refractivity contribution in [2.24, 2.45) is 0 Å². The molecule has 0 aliphatic carbocycles. The predicted octanol–water partition coefficient (Wildman–Crippen LogP) is 2.28. The zero-order valence-corrected chi connectivity index (χ0v) is 14.5. The summed E-state index contributed by atoms with van der Waals surface area (Å²) in [6, 6.07) is 3.62. The van der Waals surface area contributed by atoms with Gasteiger partial charge in [-0.2, -0.15) is 0 Å². The van der Waals surface area contributed by atoms with Crippen LogP contribution in [0.5, 0.6) is 0 Å². The summed E-state index contributed by atoms with van der Waals surface area (Å²) < 4.78 is 7.54. The summed E-state index contributed by atoms with van der Waals surface area (Å²) in [4.78, 5) is 25.2. The first-order valence-electron chi connectivity index (χ1n) is 8.65. The largest absolute Gasteiger partial charge is 0.435 e. The highest BCUT2D eigenvalue weighted by atomic mass is 16.4. The van der Waals surface area contributed by atoms with E-state index in [9.17, 15) is 4.79 Å². The van der Waals surface area contributed by atoms with Crippen molar-refractivity contribution in [3.63, 3.8) is 0 Å². The average molecular weight is 352 g/mol. The molecule has 0 spiro atoms. The highest BCUT2D eigenvalue weighted by molar-refractivity contribution is 6.01. The molecule has 0 aromatic carbocycles. The van der Waals surface area contributed by atoms with Crippen LogP contribution in [0.25, 0.3) is 5.82 Å². The zero-order valence-electron chi connectivity index (χ0n) is 14.5. The maximum atomic E-state index is 12.4. The molecule has 0 unspecified atom stereocenters. The van der Waals surface area contributed by atoms with Gasteiger partial charge in [-0.05, 0) is 45.0 Å². The Morgan fingerprint density at radius 1 is 1.23 bits per heavy atom. The first-order chi connectivity index (χ1) is 12.7. The molecule has 1 amide bonds. The van der Waals surface area contributed by atoms with Crippen LogP contribution in [-0.4, -0.2) is 38.5 Å². The average Bonchev–Trinajstić information content (AvgIpc) is 3.32. The van der Waals surface area contributed by atoms with Crippen LogP contribution in [0, 0.1) is 6.92 Å². The fourth-order valence-corrected chi connectivity index (χ4v) is 3.07. The molecule has 8 nitrogen and oxygen atoms in total. The lowest BCUT2D eigenvalue weighted by atomic mass is 9.98. The third kappa shape index (κ3) is 3.36. The number of rotatable bonds is 4. The molecule has 26 heavy (non-hydrogen) atoms. The maximum Gasteiger partial charge on any atom is 0.293 e. The van der Waals surface area contributed by atoms with Crippen LogP contribution in [-0.2, 0) is 0 Å². The van der Waals surface area contributed by atoms with Crippen LogP contribution in [0.2, 0.25) is 0 Å². The number of carbonyl (C=O) groups is 1. The number of imidazole rings is 1. The summed E-state index contributed by atoms with van der Waals surface area (Å²) in [6.07, 6.45) is 8.60. The maximum absolute atomic E-state index is 12.4. The van der Waals surface area contributed by atoms with E-state index in [1.807, 2.05) is 23.8 Å². The number of hydrogen-bond acceptors (Lipinski definition) is 6. The normalized spacial score (nSPS) is 15.1. The van der Waals surface area contributed by atoms with E-state index in [1.54, 1.807) is 18.5 Å². The first kappa shape index (κ1) is 16.5. The summed E-state index contributed by atoms with van der Waals surface area (Å²) >= 11 is 0. The molecule has 0 radical (unpaired) electrons. The predicted molar refractivity (Wildman–Crippen MR) is 95.4 cm³/mol. The van der Waals surface area contributed by atoms with Gasteiger partial charge in [0.05, 0.1) is 18.1 Å². The minimum absolute atomic E-state index is 0.216. The Bertz CT molecular complexity index is 893. The molecule has 0 bridgehead atoms. The van der Waals surface area contributed by atoms with Crippen molar-refractivity contribution in [2.75, 3.05) is 18.4 Å². The SMILES string of the molecule is Cc1nccn1-c1ccc(NC(=O)c2cnc(C3CCNCC3)o2)cn1. The van der Waals surface area contributed by atoms with Gasteiger partial charge in [-0.1, -0.05) is 0 Å². The molecule has 3 aromatic rings. The van der Waals surface area contributed by atoms with Gasteiger partial charge in [-0.25, -0.2) is 15.0 Å². The van der Waals surface area contributed by atoms with Crippen molar-refractivity contribution in [3.8, 4) is 5.82 Å². The van der Waals surface area contributed by atoms with Crippen LogP contribution in [0.4, 0.5) is 5.69 Å². The van der Waals surface area contributed by atoms with Crippen molar-refractivity contribution in [3.05, 3.63) is 54.4 Å². The van der Waals surface area contributed by atoms with E-state index in [1.165, 1.54) is 6.20 Å². The molecule has 2 N–H and O–H groups in total. The highest BCUT2D eigenvalue weighted by Crippen LogP contribution is 2.25. The van der Waals surface area contributed by atoms with Crippen LogP contribution >= 0.6 is 0 Å². The lowest BCUT2D eigenvalue weighted by Crippen LogP contribution is -2.26. The number of piperidine rings is 1. The number of carbonyl (C=O) groups excluding carboxylic acids is 1. The molecule has 1 aliphatic rings. The van der Waals surface area contributed by atoms with Crippen LogP contribution in [0.15, 0.2) is 41.3 Å². The lowest BCUT2D eigenvalue weighted by molar-refractivity contribution is 0.0993. The molecule has 1 aliphatic heterocycles. The van der Waals surface area contributed by atoms with E-state index >= 15 is 0 Å². The summed E-state index contributed by atoms with van der Waals surface area (Å²) in [5.41, 5.74) is 0.594. The van der Waals surface area contributed by atoms with E-state index in [2.05, 4.69) is 25.6 Å². The monoisotopic (exact) mass is 352 g/mol. The molecular formula is C18H20N6O2. The quantitative estimate of drug-likeness (QED) is 0.747. The number of pyridine rings is 1.